The summed E-state index contributed by atoms with van der Waals surface area (Å²) in [5, 5.41) is 14.1. The Balaban J connectivity index is 1.72. The third-order valence-electron chi connectivity index (χ3n) is 4.30. The molecule has 0 atom stereocenters. The lowest BCUT2D eigenvalue weighted by Crippen LogP contribution is -1.89. The van der Waals surface area contributed by atoms with Crippen molar-refractivity contribution in [3.63, 3.8) is 0 Å². The van der Waals surface area contributed by atoms with Crippen molar-refractivity contribution in [3.8, 4) is 23.1 Å². The molecule has 4 rings (SSSR count). The van der Waals surface area contributed by atoms with Crippen molar-refractivity contribution >= 4 is 57.1 Å². The van der Waals surface area contributed by atoms with Crippen LogP contribution in [0.4, 0.5) is 0 Å². The molecule has 0 aliphatic rings. The monoisotopic (exact) mass is 437 g/mol. The van der Waals surface area contributed by atoms with Gasteiger partial charge >= 0.3 is 0 Å². The molecule has 0 saturated carbocycles. The second kappa shape index (κ2) is 8.22. The lowest BCUT2D eigenvalue weighted by atomic mass is 10.1. The predicted molar refractivity (Wildman–Crippen MR) is 119 cm³/mol. The minimum absolute atomic E-state index is 0.313. The summed E-state index contributed by atoms with van der Waals surface area (Å²) in [5.41, 5.74) is 3.53. The van der Waals surface area contributed by atoms with Gasteiger partial charge < -0.3 is 4.74 Å². The average Bonchev–Trinajstić information content (AvgIpc) is 3.22. The molecule has 0 N–H and O–H groups in total. The highest BCUT2D eigenvalue weighted by molar-refractivity contribution is 7.11. The van der Waals surface area contributed by atoms with E-state index in [1.807, 2.05) is 53.9 Å². The van der Waals surface area contributed by atoms with E-state index in [0.717, 1.165) is 22.2 Å². The first-order valence-electron chi connectivity index (χ1n) is 8.55. The van der Waals surface area contributed by atoms with Crippen LogP contribution in [0.1, 0.15) is 10.6 Å². The largest absolute Gasteiger partial charge is 0.497 e. The van der Waals surface area contributed by atoms with E-state index in [-0.39, 0.29) is 0 Å². The van der Waals surface area contributed by atoms with Gasteiger partial charge in [-0.05, 0) is 36.4 Å². The fraction of sp³-hybridized carbons (Fsp3) is 0.0455. The molecule has 0 aliphatic carbocycles. The van der Waals surface area contributed by atoms with Gasteiger partial charge in [-0.2, -0.15) is 5.26 Å². The van der Waals surface area contributed by atoms with E-state index < -0.39 is 0 Å². The Hall–Kier alpha value is -2.91. The van der Waals surface area contributed by atoms with Crippen molar-refractivity contribution in [2.24, 2.45) is 0 Å². The molecule has 0 spiro atoms. The molecule has 2 heterocycles. The van der Waals surface area contributed by atoms with Crippen molar-refractivity contribution in [1.29, 1.82) is 5.26 Å². The summed E-state index contributed by atoms with van der Waals surface area (Å²) in [6.45, 7) is 0. The van der Waals surface area contributed by atoms with Crippen molar-refractivity contribution < 1.29 is 4.74 Å². The molecule has 0 amide bonds. The molecule has 0 fully saturated rings. The van der Waals surface area contributed by atoms with Gasteiger partial charge in [0.2, 0.25) is 0 Å². The zero-order chi connectivity index (χ0) is 20.4. The van der Waals surface area contributed by atoms with E-state index in [9.17, 15) is 5.26 Å². The highest BCUT2D eigenvalue weighted by Crippen LogP contribution is 2.30. The number of pyridine rings is 1. The summed E-state index contributed by atoms with van der Waals surface area (Å²) < 4.78 is 5.23. The van der Waals surface area contributed by atoms with Crippen LogP contribution >= 0.6 is 34.5 Å². The van der Waals surface area contributed by atoms with Crippen LogP contribution in [0.5, 0.6) is 5.75 Å². The summed E-state index contributed by atoms with van der Waals surface area (Å²) in [6.07, 6.45) is 1.71. The van der Waals surface area contributed by atoms with E-state index in [0.29, 0.717) is 32.1 Å². The molecule has 2 aromatic carbocycles. The van der Waals surface area contributed by atoms with Crippen LogP contribution in [0.25, 0.3) is 33.8 Å². The van der Waals surface area contributed by atoms with Gasteiger partial charge in [0.1, 0.15) is 22.0 Å². The van der Waals surface area contributed by atoms with Crippen LogP contribution in [-0.2, 0) is 0 Å². The number of fused-ring (bicyclic) bond motifs is 1. The van der Waals surface area contributed by atoms with E-state index in [1.165, 1.54) is 11.3 Å². The van der Waals surface area contributed by atoms with Crippen LogP contribution in [0, 0.1) is 11.3 Å². The minimum Gasteiger partial charge on any atom is -0.497 e. The Morgan fingerprint density at radius 3 is 2.62 bits per heavy atom. The zero-order valence-corrected chi connectivity index (χ0v) is 17.5. The number of thiazole rings is 1. The van der Waals surface area contributed by atoms with Gasteiger partial charge in [0.25, 0.3) is 0 Å². The fourth-order valence-electron chi connectivity index (χ4n) is 2.82. The van der Waals surface area contributed by atoms with Crippen molar-refractivity contribution in [2.75, 3.05) is 7.11 Å². The maximum absolute atomic E-state index is 9.68. The number of aromatic nitrogens is 2. The third kappa shape index (κ3) is 4.10. The number of benzene rings is 2. The van der Waals surface area contributed by atoms with Gasteiger partial charge in [-0.15, -0.1) is 11.3 Å². The lowest BCUT2D eigenvalue weighted by molar-refractivity contribution is 0.415. The molecule has 4 nitrogen and oxygen atoms in total. The van der Waals surface area contributed by atoms with E-state index >= 15 is 0 Å². The highest BCUT2D eigenvalue weighted by Gasteiger charge is 2.11. The van der Waals surface area contributed by atoms with Gasteiger partial charge in [-0.3, -0.25) is 0 Å². The van der Waals surface area contributed by atoms with Crippen LogP contribution < -0.4 is 4.74 Å². The maximum atomic E-state index is 9.68. The van der Waals surface area contributed by atoms with Crippen LogP contribution in [-0.4, -0.2) is 17.1 Å². The number of nitriles is 1. The quantitative estimate of drug-likeness (QED) is 0.262. The molecule has 7 heteroatoms. The van der Waals surface area contributed by atoms with Gasteiger partial charge in [-0.1, -0.05) is 35.3 Å². The van der Waals surface area contributed by atoms with Crippen molar-refractivity contribution in [1.82, 2.24) is 9.97 Å². The number of hydrogen-bond acceptors (Lipinski definition) is 5. The number of halogens is 2. The Morgan fingerprint density at radius 2 is 1.90 bits per heavy atom. The van der Waals surface area contributed by atoms with E-state index in [2.05, 4.69) is 16.0 Å². The van der Waals surface area contributed by atoms with E-state index in [1.54, 1.807) is 13.2 Å². The van der Waals surface area contributed by atoms with Gasteiger partial charge in [0, 0.05) is 33.0 Å². The fourth-order valence-corrected chi connectivity index (χ4v) is 3.94. The molecule has 4 aromatic rings. The Kier molecular flexibility index (Phi) is 5.50. The smallest absolute Gasteiger partial charge is 0.137 e. The van der Waals surface area contributed by atoms with Crippen LogP contribution in [0.3, 0.4) is 0 Å². The average molecular weight is 438 g/mol. The second-order valence-corrected chi connectivity index (χ2v) is 7.79. The molecular formula is C22H13Cl2N3OS. The summed E-state index contributed by atoms with van der Waals surface area (Å²) in [7, 11) is 1.60. The Labute approximate surface area is 181 Å². The molecule has 0 aliphatic heterocycles. The first-order valence-corrected chi connectivity index (χ1v) is 10.2. The van der Waals surface area contributed by atoms with Gasteiger partial charge in [0.05, 0.1) is 23.9 Å². The standard InChI is InChI=1S/C22H13Cl2N3OS/c1-28-18-7-4-14-8-15(21(24)26-19(14)10-18)9-16(11-25)22-27-20(12-29-22)13-2-5-17(23)6-3-13/h2-10,12H,1H3. The topological polar surface area (TPSA) is 58.8 Å². The molecule has 0 radical (unpaired) electrons. The molecule has 29 heavy (non-hydrogen) atoms. The number of ether oxygens (including phenoxy) is 1. The zero-order valence-electron chi connectivity index (χ0n) is 15.2. The summed E-state index contributed by atoms with van der Waals surface area (Å²) >= 11 is 13.7. The molecule has 0 saturated heterocycles. The number of hydrogen-bond donors (Lipinski definition) is 0. The SMILES string of the molecule is COc1ccc2cc(C=C(C#N)c3nc(-c4ccc(Cl)cc4)cs3)c(Cl)nc2c1. The number of allylic oxidation sites excluding steroid dienone is 1. The Morgan fingerprint density at radius 1 is 1.10 bits per heavy atom. The first kappa shape index (κ1) is 19.4. The summed E-state index contributed by atoms with van der Waals surface area (Å²) in [4.78, 5) is 9.02. The predicted octanol–water partition coefficient (Wildman–Crippen LogP) is 6.74. The molecule has 2 aromatic heterocycles. The van der Waals surface area contributed by atoms with E-state index in [4.69, 9.17) is 27.9 Å². The van der Waals surface area contributed by atoms with Gasteiger partial charge in [-0.25, -0.2) is 9.97 Å². The summed E-state index contributed by atoms with van der Waals surface area (Å²) in [6, 6.07) is 17.1. The minimum atomic E-state index is 0.313. The second-order valence-electron chi connectivity index (χ2n) is 6.14. The number of rotatable bonds is 4. The number of methoxy groups -OCH3 is 1. The molecule has 142 valence electrons. The highest BCUT2D eigenvalue weighted by atomic mass is 35.5. The molecule has 0 bridgehead atoms. The number of nitrogens with zero attached hydrogens (tertiary/aromatic N) is 3. The van der Waals surface area contributed by atoms with Gasteiger partial charge in [0.15, 0.2) is 0 Å². The Bertz CT molecular complexity index is 1270. The first-order chi connectivity index (χ1) is 14.1. The maximum Gasteiger partial charge on any atom is 0.137 e. The van der Waals surface area contributed by atoms with Crippen molar-refractivity contribution in [2.45, 2.75) is 0 Å². The van der Waals surface area contributed by atoms with Crippen LogP contribution in [0.15, 0.2) is 53.9 Å². The molecule has 0 unspecified atom stereocenters. The summed E-state index contributed by atoms with van der Waals surface area (Å²) in [5.74, 6) is 0.708. The van der Waals surface area contributed by atoms with Crippen LogP contribution in [0.2, 0.25) is 10.2 Å². The normalized spacial score (nSPS) is 11.4. The molecular weight excluding hydrogens is 425 g/mol. The van der Waals surface area contributed by atoms with Crippen molar-refractivity contribution in [3.05, 3.63) is 74.7 Å². The third-order valence-corrected chi connectivity index (χ3v) is 5.73. The lowest BCUT2D eigenvalue weighted by Gasteiger charge is -2.05.